The second-order valence-corrected chi connectivity index (χ2v) is 4.43. The predicted octanol–water partition coefficient (Wildman–Crippen LogP) is 2.77. The molecule has 0 bridgehead atoms. The Morgan fingerprint density at radius 3 is 2.71 bits per heavy atom. The number of nitrogens with one attached hydrogen (secondary N) is 1. The molecule has 2 nitrogen and oxygen atoms in total. The van der Waals surface area contributed by atoms with Gasteiger partial charge in [-0.15, -0.1) is 0 Å². The Balaban J connectivity index is 1.92. The molecule has 1 N–H and O–H groups in total. The number of carbonyl (C=O) groups is 1. The van der Waals surface area contributed by atoms with E-state index in [1.54, 1.807) is 0 Å². The Kier molecular flexibility index (Phi) is 3.71. The number of hydrogen-bond acceptors (Lipinski definition) is 1. The molecular weight excluding hydrogens is 224 g/mol. The minimum Gasteiger partial charge on any atom is -0.352 e. The molecule has 0 unspecified atom stereocenters. The standard InChI is InChI=1S/C13H15F2NO/c14-11-5-6-12(15)10(7-11)8-16-13(17)9-3-1-2-4-9/h5-7,9H,1-4,8H2,(H,16,17). The van der Waals surface area contributed by atoms with Crippen LogP contribution in [0.1, 0.15) is 31.2 Å². The largest absolute Gasteiger partial charge is 0.352 e. The highest BCUT2D eigenvalue weighted by Crippen LogP contribution is 2.24. The first-order chi connectivity index (χ1) is 8.16. The molecule has 1 fully saturated rings. The molecular formula is C13H15F2NO. The van der Waals surface area contributed by atoms with Crippen molar-refractivity contribution in [1.82, 2.24) is 5.32 Å². The van der Waals surface area contributed by atoms with Gasteiger partial charge in [-0.2, -0.15) is 0 Å². The maximum Gasteiger partial charge on any atom is 0.223 e. The smallest absolute Gasteiger partial charge is 0.223 e. The SMILES string of the molecule is O=C(NCc1cc(F)ccc1F)C1CCCC1. The normalized spacial score (nSPS) is 16.1. The molecule has 2 rings (SSSR count). The minimum absolute atomic E-state index is 0.0478. The number of rotatable bonds is 3. The van der Waals surface area contributed by atoms with E-state index in [0.717, 1.165) is 43.9 Å². The average molecular weight is 239 g/mol. The van der Waals surface area contributed by atoms with Crippen LogP contribution in [0.5, 0.6) is 0 Å². The van der Waals surface area contributed by atoms with Crippen molar-refractivity contribution in [1.29, 1.82) is 0 Å². The lowest BCUT2D eigenvalue weighted by molar-refractivity contribution is -0.124. The van der Waals surface area contributed by atoms with E-state index in [1.165, 1.54) is 0 Å². The maximum atomic E-state index is 13.3. The molecule has 1 aromatic rings. The van der Waals surface area contributed by atoms with Crippen molar-refractivity contribution in [3.63, 3.8) is 0 Å². The van der Waals surface area contributed by atoms with Crippen LogP contribution in [0.2, 0.25) is 0 Å². The second-order valence-electron chi connectivity index (χ2n) is 4.43. The molecule has 1 aliphatic carbocycles. The van der Waals surface area contributed by atoms with E-state index in [0.29, 0.717) is 0 Å². The zero-order valence-corrected chi connectivity index (χ0v) is 9.51. The van der Waals surface area contributed by atoms with Crippen molar-refractivity contribution < 1.29 is 13.6 Å². The lowest BCUT2D eigenvalue weighted by Crippen LogP contribution is -2.29. The van der Waals surface area contributed by atoms with E-state index < -0.39 is 11.6 Å². The van der Waals surface area contributed by atoms with Crippen molar-refractivity contribution in [3.8, 4) is 0 Å². The molecule has 0 heterocycles. The highest BCUT2D eigenvalue weighted by molar-refractivity contribution is 5.78. The van der Waals surface area contributed by atoms with E-state index >= 15 is 0 Å². The van der Waals surface area contributed by atoms with Gasteiger partial charge in [0.25, 0.3) is 0 Å². The Morgan fingerprint density at radius 1 is 1.29 bits per heavy atom. The zero-order chi connectivity index (χ0) is 12.3. The molecule has 4 heteroatoms. The van der Waals surface area contributed by atoms with Crippen LogP contribution in [-0.4, -0.2) is 5.91 Å². The van der Waals surface area contributed by atoms with Gasteiger partial charge in [-0.05, 0) is 31.0 Å². The van der Waals surface area contributed by atoms with Gasteiger partial charge in [-0.25, -0.2) is 8.78 Å². The van der Waals surface area contributed by atoms with Crippen molar-refractivity contribution in [3.05, 3.63) is 35.4 Å². The van der Waals surface area contributed by atoms with Gasteiger partial charge in [0.2, 0.25) is 5.91 Å². The molecule has 1 amide bonds. The lowest BCUT2D eigenvalue weighted by Gasteiger charge is -2.10. The highest BCUT2D eigenvalue weighted by Gasteiger charge is 2.22. The quantitative estimate of drug-likeness (QED) is 0.863. The molecule has 0 radical (unpaired) electrons. The van der Waals surface area contributed by atoms with Gasteiger partial charge in [-0.1, -0.05) is 12.8 Å². The van der Waals surface area contributed by atoms with E-state index in [1.807, 2.05) is 0 Å². The van der Waals surface area contributed by atoms with Crippen molar-refractivity contribution in [2.24, 2.45) is 5.92 Å². The van der Waals surface area contributed by atoms with Gasteiger partial charge in [-0.3, -0.25) is 4.79 Å². The monoisotopic (exact) mass is 239 g/mol. The van der Waals surface area contributed by atoms with Crippen LogP contribution in [0.15, 0.2) is 18.2 Å². The van der Waals surface area contributed by atoms with Gasteiger partial charge in [0.1, 0.15) is 11.6 Å². The third kappa shape index (κ3) is 3.02. The summed E-state index contributed by atoms with van der Waals surface area (Å²) in [5.41, 5.74) is 0.191. The second kappa shape index (κ2) is 5.25. The van der Waals surface area contributed by atoms with E-state index in [4.69, 9.17) is 0 Å². The number of halogens is 2. The summed E-state index contributed by atoms with van der Waals surface area (Å²) in [6.07, 6.45) is 3.95. The molecule has 92 valence electrons. The Hall–Kier alpha value is -1.45. The lowest BCUT2D eigenvalue weighted by atomic mass is 10.1. The third-order valence-electron chi connectivity index (χ3n) is 3.19. The van der Waals surface area contributed by atoms with Crippen LogP contribution >= 0.6 is 0 Å². The van der Waals surface area contributed by atoms with Crippen molar-refractivity contribution in [2.75, 3.05) is 0 Å². The fourth-order valence-corrected chi connectivity index (χ4v) is 2.19. The number of amides is 1. The molecule has 0 atom stereocenters. The molecule has 0 spiro atoms. The van der Waals surface area contributed by atoms with Gasteiger partial charge in [0.05, 0.1) is 0 Å². The Labute approximate surface area is 99.0 Å². The van der Waals surface area contributed by atoms with Crippen LogP contribution in [0, 0.1) is 17.6 Å². The average Bonchev–Trinajstić information content (AvgIpc) is 2.83. The van der Waals surface area contributed by atoms with Crippen LogP contribution in [0.4, 0.5) is 8.78 Å². The molecule has 1 aliphatic rings. The van der Waals surface area contributed by atoms with Gasteiger partial charge >= 0.3 is 0 Å². The summed E-state index contributed by atoms with van der Waals surface area (Å²) in [5, 5.41) is 2.66. The molecule has 17 heavy (non-hydrogen) atoms. The first-order valence-electron chi connectivity index (χ1n) is 5.88. The summed E-state index contributed by atoms with van der Waals surface area (Å²) in [6.45, 7) is 0.0545. The van der Waals surface area contributed by atoms with Crippen molar-refractivity contribution in [2.45, 2.75) is 32.2 Å². The van der Waals surface area contributed by atoms with E-state index in [9.17, 15) is 13.6 Å². The highest BCUT2D eigenvalue weighted by atomic mass is 19.1. The molecule has 0 aliphatic heterocycles. The van der Waals surface area contributed by atoms with Crippen LogP contribution < -0.4 is 5.32 Å². The molecule has 0 saturated heterocycles. The number of benzene rings is 1. The zero-order valence-electron chi connectivity index (χ0n) is 9.51. The van der Waals surface area contributed by atoms with Gasteiger partial charge in [0.15, 0.2) is 0 Å². The molecule has 0 aromatic heterocycles. The molecule has 1 saturated carbocycles. The maximum absolute atomic E-state index is 13.3. The number of carbonyl (C=O) groups excluding carboxylic acids is 1. The van der Waals surface area contributed by atoms with Crippen LogP contribution in [-0.2, 0) is 11.3 Å². The predicted molar refractivity (Wildman–Crippen MR) is 60.2 cm³/mol. The topological polar surface area (TPSA) is 29.1 Å². The van der Waals surface area contributed by atoms with Gasteiger partial charge in [0, 0.05) is 18.0 Å². The van der Waals surface area contributed by atoms with Crippen LogP contribution in [0.25, 0.3) is 0 Å². The molecule has 1 aromatic carbocycles. The first-order valence-corrected chi connectivity index (χ1v) is 5.88. The minimum atomic E-state index is -0.489. The summed E-state index contributed by atoms with van der Waals surface area (Å²) in [5.74, 6) is -0.979. The van der Waals surface area contributed by atoms with Crippen molar-refractivity contribution >= 4 is 5.91 Å². The summed E-state index contributed by atoms with van der Waals surface area (Å²) in [7, 11) is 0. The summed E-state index contributed by atoms with van der Waals surface area (Å²) in [4.78, 5) is 11.7. The fraction of sp³-hybridized carbons (Fsp3) is 0.462. The van der Waals surface area contributed by atoms with E-state index in [-0.39, 0.29) is 23.9 Å². The first kappa shape index (κ1) is 12.0. The van der Waals surface area contributed by atoms with Crippen LogP contribution in [0.3, 0.4) is 0 Å². The number of hydrogen-bond donors (Lipinski definition) is 1. The van der Waals surface area contributed by atoms with E-state index in [2.05, 4.69) is 5.32 Å². The summed E-state index contributed by atoms with van der Waals surface area (Å²) >= 11 is 0. The summed E-state index contributed by atoms with van der Waals surface area (Å²) < 4.78 is 26.2. The third-order valence-corrected chi connectivity index (χ3v) is 3.19. The van der Waals surface area contributed by atoms with Gasteiger partial charge < -0.3 is 5.32 Å². The Bertz CT molecular complexity index is 414. The fourth-order valence-electron chi connectivity index (χ4n) is 2.19. The summed E-state index contributed by atoms with van der Waals surface area (Å²) in [6, 6.07) is 3.26. The Morgan fingerprint density at radius 2 is 2.00 bits per heavy atom.